The number of nitrogens with zero attached hydrogens (tertiary/aromatic N) is 2. The van der Waals surface area contributed by atoms with Gasteiger partial charge in [-0.05, 0) is 13.0 Å². The van der Waals surface area contributed by atoms with E-state index in [-0.39, 0.29) is 5.91 Å². The summed E-state index contributed by atoms with van der Waals surface area (Å²) in [6.07, 6.45) is 3.24. The van der Waals surface area contributed by atoms with Gasteiger partial charge in [0.05, 0.1) is 6.26 Å². The lowest BCUT2D eigenvalue weighted by atomic mass is 10.3. The van der Waals surface area contributed by atoms with Crippen LogP contribution in [0.25, 0.3) is 0 Å². The number of furan rings is 1. The van der Waals surface area contributed by atoms with E-state index in [4.69, 9.17) is 4.42 Å². The third kappa shape index (κ3) is 1.90. The lowest BCUT2D eigenvalue weighted by Gasteiger charge is -1.99. The van der Waals surface area contributed by atoms with E-state index >= 15 is 0 Å². The zero-order chi connectivity index (χ0) is 10.8. The van der Waals surface area contributed by atoms with Crippen molar-refractivity contribution in [2.45, 2.75) is 6.92 Å². The number of carbonyl (C=O) groups is 1. The molecule has 0 unspecified atom stereocenters. The Hall–Kier alpha value is -2.04. The molecule has 2 heterocycles. The molecule has 1 amide bonds. The summed E-state index contributed by atoms with van der Waals surface area (Å²) >= 11 is 0. The first kappa shape index (κ1) is 9.51. The summed E-state index contributed by atoms with van der Waals surface area (Å²) in [6, 6.07) is 3.46. The molecule has 2 aromatic rings. The molecule has 1 N–H and O–H groups in total. The molecular weight excluding hydrogens is 194 g/mol. The van der Waals surface area contributed by atoms with Crippen LogP contribution in [-0.2, 0) is 7.05 Å². The highest BCUT2D eigenvalue weighted by atomic mass is 16.3. The van der Waals surface area contributed by atoms with Crippen LogP contribution < -0.4 is 5.32 Å². The van der Waals surface area contributed by atoms with Gasteiger partial charge in [-0.25, -0.2) is 0 Å². The maximum absolute atomic E-state index is 11.7. The Kier molecular flexibility index (Phi) is 2.29. The lowest BCUT2D eigenvalue weighted by molar-refractivity contribution is 0.0995. The molecule has 0 radical (unpaired) electrons. The Bertz CT molecular complexity index is 484. The minimum absolute atomic E-state index is 0.281. The largest absolute Gasteiger partial charge is 0.459 e. The summed E-state index contributed by atoms with van der Waals surface area (Å²) in [4.78, 5) is 11.7. The molecule has 0 saturated heterocycles. The van der Waals surface area contributed by atoms with Gasteiger partial charge in [-0.2, -0.15) is 5.10 Å². The van der Waals surface area contributed by atoms with Crippen LogP contribution in [0.4, 0.5) is 5.82 Å². The minimum atomic E-state index is -0.281. The third-order valence-corrected chi connectivity index (χ3v) is 2.02. The molecule has 5 nitrogen and oxygen atoms in total. The van der Waals surface area contributed by atoms with Gasteiger partial charge in [0.25, 0.3) is 5.91 Å². The first-order valence-electron chi connectivity index (χ1n) is 4.52. The number of carbonyl (C=O) groups excluding carboxylic acids is 1. The second-order valence-electron chi connectivity index (χ2n) is 3.26. The Morgan fingerprint density at radius 1 is 1.53 bits per heavy atom. The molecular formula is C10H11N3O2. The molecule has 5 heteroatoms. The van der Waals surface area contributed by atoms with Crippen LogP contribution >= 0.6 is 0 Å². The molecule has 0 bridgehead atoms. The zero-order valence-corrected chi connectivity index (χ0v) is 8.52. The average molecular weight is 205 g/mol. The van der Waals surface area contributed by atoms with Crippen molar-refractivity contribution in [1.29, 1.82) is 0 Å². The van der Waals surface area contributed by atoms with Crippen LogP contribution in [0.2, 0.25) is 0 Å². The van der Waals surface area contributed by atoms with E-state index in [0.29, 0.717) is 11.6 Å². The van der Waals surface area contributed by atoms with Crippen LogP contribution in [0.5, 0.6) is 0 Å². The molecule has 15 heavy (non-hydrogen) atoms. The van der Waals surface area contributed by atoms with Crippen molar-refractivity contribution < 1.29 is 9.21 Å². The summed E-state index contributed by atoms with van der Waals surface area (Å²) in [7, 11) is 1.79. The SMILES string of the molecule is Cc1ccoc1C(=O)Nc1ccn(C)n1. The van der Waals surface area contributed by atoms with Crippen molar-refractivity contribution in [2.24, 2.45) is 7.05 Å². The van der Waals surface area contributed by atoms with Crippen molar-refractivity contribution >= 4 is 11.7 Å². The van der Waals surface area contributed by atoms with E-state index in [2.05, 4.69) is 10.4 Å². The Morgan fingerprint density at radius 3 is 2.87 bits per heavy atom. The molecule has 2 aromatic heterocycles. The molecule has 0 aromatic carbocycles. The maximum atomic E-state index is 11.7. The number of nitrogens with one attached hydrogen (secondary N) is 1. The molecule has 0 aliphatic carbocycles. The van der Waals surface area contributed by atoms with E-state index in [1.54, 1.807) is 30.1 Å². The Morgan fingerprint density at radius 2 is 2.33 bits per heavy atom. The second kappa shape index (κ2) is 3.61. The van der Waals surface area contributed by atoms with Crippen molar-refractivity contribution in [3.63, 3.8) is 0 Å². The standard InChI is InChI=1S/C10H11N3O2/c1-7-4-6-15-9(7)10(14)11-8-3-5-13(2)12-8/h3-6H,1-2H3,(H,11,12,14). The van der Waals surface area contributed by atoms with Crippen molar-refractivity contribution in [3.05, 3.63) is 35.9 Å². The van der Waals surface area contributed by atoms with Gasteiger partial charge >= 0.3 is 0 Å². The van der Waals surface area contributed by atoms with E-state index in [1.807, 2.05) is 6.92 Å². The predicted octanol–water partition coefficient (Wildman–Crippen LogP) is 1.57. The lowest BCUT2D eigenvalue weighted by Crippen LogP contribution is -2.12. The fourth-order valence-corrected chi connectivity index (χ4v) is 1.26. The maximum Gasteiger partial charge on any atom is 0.292 e. The van der Waals surface area contributed by atoms with Crippen molar-refractivity contribution in [1.82, 2.24) is 9.78 Å². The van der Waals surface area contributed by atoms with E-state index in [9.17, 15) is 4.79 Å². The van der Waals surface area contributed by atoms with Crippen LogP contribution in [0, 0.1) is 6.92 Å². The summed E-state index contributed by atoms with van der Waals surface area (Å²) in [5.41, 5.74) is 0.809. The van der Waals surface area contributed by atoms with Crippen molar-refractivity contribution in [2.75, 3.05) is 5.32 Å². The highest BCUT2D eigenvalue weighted by Gasteiger charge is 2.13. The van der Waals surface area contributed by atoms with Gasteiger partial charge < -0.3 is 9.73 Å². The summed E-state index contributed by atoms with van der Waals surface area (Å²) in [5.74, 6) is 0.551. The van der Waals surface area contributed by atoms with Gasteiger partial charge in [0.15, 0.2) is 11.6 Å². The van der Waals surface area contributed by atoms with Crippen LogP contribution in [-0.4, -0.2) is 15.7 Å². The Balaban J connectivity index is 2.14. The first-order chi connectivity index (χ1) is 7.16. The smallest absolute Gasteiger partial charge is 0.292 e. The fourth-order valence-electron chi connectivity index (χ4n) is 1.26. The molecule has 0 spiro atoms. The van der Waals surface area contributed by atoms with Gasteiger partial charge in [0.1, 0.15) is 0 Å². The van der Waals surface area contributed by atoms with Gasteiger partial charge in [-0.3, -0.25) is 9.48 Å². The normalized spacial score (nSPS) is 10.3. The second-order valence-corrected chi connectivity index (χ2v) is 3.26. The van der Waals surface area contributed by atoms with Crippen LogP contribution in [0.1, 0.15) is 16.1 Å². The van der Waals surface area contributed by atoms with E-state index in [0.717, 1.165) is 5.56 Å². The monoisotopic (exact) mass is 205 g/mol. The first-order valence-corrected chi connectivity index (χ1v) is 4.52. The summed E-state index contributed by atoms with van der Waals surface area (Å²) in [6.45, 7) is 1.82. The summed E-state index contributed by atoms with van der Waals surface area (Å²) in [5, 5.41) is 6.67. The molecule has 0 saturated carbocycles. The number of anilines is 1. The molecule has 0 aliphatic heterocycles. The number of amides is 1. The molecule has 2 rings (SSSR count). The van der Waals surface area contributed by atoms with Gasteiger partial charge in [-0.1, -0.05) is 0 Å². The quantitative estimate of drug-likeness (QED) is 0.809. The number of hydrogen-bond donors (Lipinski definition) is 1. The topological polar surface area (TPSA) is 60.1 Å². The van der Waals surface area contributed by atoms with Gasteiger partial charge in [0, 0.05) is 24.9 Å². The predicted molar refractivity (Wildman–Crippen MR) is 54.6 cm³/mol. The highest BCUT2D eigenvalue weighted by molar-refractivity contribution is 6.02. The average Bonchev–Trinajstić information content (AvgIpc) is 2.75. The zero-order valence-electron chi connectivity index (χ0n) is 8.52. The minimum Gasteiger partial charge on any atom is -0.459 e. The van der Waals surface area contributed by atoms with Crippen LogP contribution in [0.3, 0.4) is 0 Å². The Labute approximate surface area is 86.7 Å². The molecule has 0 fully saturated rings. The third-order valence-electron chi connectivity index (χ3n) is 2.02. The van der Waals surface area contributed by atoms with Gasteiger partial charge in [0.2, 0.25) is 0 Å². The molecule has 78 valence electrons. The molecule has 0 atom stereocenters. The highest BCUT2D eigenvalue weighted by Crippen LogP contribution is 2.11. The number of aryl methyl sites for hydroxylation is 2. The van der Waals surface area contributed by atoms with Crippen LogP contribution in [0.15, 0.2) is 29.0 Å². The van der Waals surface area contributed by atoms with Gasteiger partial charge in [-0.15, -0.1) is 0 Å². The summed E-state index contributed by atoms with van der Waals surface area (Å²) < 4.78 is 6.67. The number of hydrogen-bond acceptors (Lipinski definition) is 3. The number of aromatic nitrogens is 2. The van der Waals surface area contributed by atoms with E-state index in [1.165, 1.54) is 6.26 Å². The number of rotatable bonds is 2. The fraction of sp³-hybridized carbons (Fsp3) is 0.200. The molecule has 0 aliphatic rings. The van der Waals surface area contributed by atoms with Crippen molar-refractivity contribution in [3.8, 4) is 0 Å². The van der Waals surface area contributed by atoms with E-state index < -0.39 is 0 Å².